The molecule has 0 N–H and O–H groups in total. The second-order valence-electron chi connectivity index (χ2n) is 18.8. The van der Waals surface area contributed by atoms with Crippen LogP contribution in [0.15, 0.2) is 267 Å². The topological polar surface area (TPSA) is 35.9 Å². The van der Waals surface area contributed by atoms with Crippen molar-refractivity contribution >= 4 is 93.3 Å². The number of rotatable bonds is 8. The smallest absolute Gasteiger partial charge is 0.0762 e. The van der Waals surface area contributed by atoms with Crippen molar-refractivity contribution in [2.24, 2.45) is 0 Å². The summed E-state index contributed by atoms with van der Waals surface area (Å²) in [4.78, 5) is 2.32. The molecule has 11 aromatic carbocycles. The van der Waals surface area contributed by atoms with Crippen LogP contribution in [0.5, 0.6) is 0 Å². The Morgan fingerprint density at radius 3 is 1.47 bits per heavy atom. The Kier molecular flexibility index (Phi) is 9.16. The average molecular weight is 933 g/mol. The lowest BCUT2D eigenvalue weighted by atomic mass is 9.95. The first kappa shape index (κ1) is 40.9. The Balaban J connectivity index is 0.991. The molecule has 73 heavy (non-hydrogen) atoms. The van der Waals surface area contributed by atoms with Gasteiger partial charge in [-0.1, -0.05) is 140 Å². The molecule has 4 aromatic heterocycles. The van der Waals surface area contributed by atoms with Crippen molar-refractivity contribution < 1.29 is 0 Å². The maximum atomic E-state index is 5.15. The number of benzene rings is 11. The van der Waals surface area contributed by atoms with Crippen LogP contribution < -0.4 is 4.90 Å². The molecule has 0 spiro atoms. The van der Waals surface area contributed by atoms with Crippen LogP contribution in [0.25, 0.3) is 110 Å². The Labute approximate surface area is 420 Å². The minimum atomic E-state index is 1.06. The van der Waals surface area contributed by atoms with Crippen LogP contribution in [-0.2, 0) is 0 Å². The van der Waals surface area contributed by atoms with Gasteiger partial charge >= 0.3 is 0 Å². The minimum Gasteiger partial charge on any atom is -0.316 e. The van der Waals surface area contributed by atoms with Gasteiger partial charge in [-0.2, -0.15) is 5.10 Å². The zero-order valence-electron chi connectivity index (χ0n) is 39.6. The van der Waals surface area contributed by atoms with Crippen LogP contribution in [0, 0.1) is 0 Å². The van der Waals surface area contributed by atoms with Gasteiger partial charge in [0.1, 0.15) is 0 Å². The van der Waals surface area contributed by atoms with Gasteiger partial charge in [-0.25, -0.2) is 4.68 Å². The van der Waals surface area contributed by atoms with Crippen molar-refractivity contribution in [3.63, 3.8) is 0 Å². The van der Waals surface area contributed by atoms with Crippen molar-refractivity contribution in [1.82, 2.24) is 23.5 Å². The van der Waals surface area contributed by atoms with E-state index in [4.69, 9.17) is 5.10 Å². The van der Waals surface area contributed by atoms with Crippen molar-refractivity contribution in [1.29, 1.82) is 0 Å². The van der Waals surface area contributed by atoms with E-state index in [1.54, 1.807) is 0 Å². The quantitative estimate of drug-likeness (QED) is 0.152. The van der Waals surface area contributed by atoms with E-state index in [-0.39, 0.29) is 0 Å². The van der Waals surface area contributed by atoms with Gasteiger partial charge in [0.2, 0.25) is 0 Å². The molecule has 0 bridgehead atoms. The Bertz CT molecular complexity index is 4540. The molecule has 0 aliphatic carbocycles. The Morgan fingerprint density at radius 2 is 0.822 bits per heavy atom. The predicted molar refractivity (Wildman–Crippen MR) is 304 cm³/mol. The summed E-state index contributed by atoms with van der Waals surface area (Å²) in [6.07, 6.45) is 4.27. The minimum absolute atomic E-state index is 1.06. The lowest BCUT2D eigenvalue weighted by Gasteiger charge is -2.25. The first-order valence-corrected chi connectivity index (χ1v) is 24.9. The fourth-order valence-electron chi connectivity index (χ4n) is 11.7. The van der Waals surface area contributed by atoms with E-state index < -0.39 is 0 Å². The van der Waals surface area contributed by atoms with E-state index in [1.807, 2.05) is 0 Å². The predicted octanol–water partition coefficient (Wildman–Crippen LogP) is 17.5. The summed E-state index contributed by atoms with van der Waals surface area (Å²) in [7, 11) is 0. The average Bonchev–Trinajstić information content (AvgIpc) is 4.25. The molecule has 0 fully saturated rings. The van der Waals surface area contributed by atoms with Gasteiger partial charge in [0.05, 0.1) is 45.0 Å². The number of para-hydroxylation sites is 4. The molecule has 0 radical (unpaired) electrons. The van der Waals surface area contributed by atoms with E-state index in [0.29, 0.717) is 0 Å². The van der Waals surface area contributed by atoms with Gasteiger partial charge in [-0.3, -0.25) is 0 Å². The molecular formula is C67H44N6. The van der Waals surface area contributed by atoms with E-state index in [2.05, 4.69) is 290 Å². The highest BCUT2D eigenvalue weighted by Gasteiger charge is 2.25. The summed E-state index contributed by atoms with van der Waals surface area (Å²) in [6, 6.07) is 92.0. The maximum Gasteiger partial charge on any atom is 0.0762 e. The molecule has 6 nitrogen and oxygen atoms in total. The summed E-state index contributed by atoms with van der Waals surface area (Å²) in [5, 5.41) is 14.6. The summed E-state index contributed by atoms with van der Waals surface area (Å²) in [5.74, 6) is 0. The highest BCUT2D eigenvalue weighted by atomic mass is 15.3. The standard InChI is InChI=1S/C67H44N6/c1-5-20-46(21-6-1)69-43-42-55-59(69)40-38-56-64-53(29-17-33-63(64)72(66(55)56)51-36-34-50(35-37-51)70(47-22-7-2-8-23-47)48-24-9-3-10-25-48)54-30-16-32-62-65(54)57-39-41-61-58(67(57)71(62)49-26-11-4-12-27-49)44-68-73(61)60-31-15-19-45-18-13-14-28-52(45)60/h1-44H. The van der Waals surface area contributed by atoms with Crippen LogP contribution >= 0.6 is 0 Å². The molecule has 0 amide bonds. The monoisotopic (exact) mass is 932 g/mol. The van der Waals surface area contributed by atoms with E-state index >= 15 is 0 Å². The molecule has 4 heterocycles. The zero-order chi connectivity index (χ0) is 48.0. The summed E-state index contributed by atoms with van der Waals surface area (Å²) >= 11 is 0. The molecule has 0 aliphatic rings. The van der Waals surface area contributed by atoms with Gasteiger partial charge in [0.25, 0.3) is 0 Å². The fraction of sp³-hybridized carbons (Fsp3) is 0. The Hall–Kier alpha value is -9.91. The summed E-state index contributed by atoms with van der Waals surface area (Å²) in [6.45, 7) is 0. The second kappa shape index (κ2) is 16.3. The number of anilines is 3. The van der Waals surface area contributed by atoms with Crippen LogP contribution in [0.1, 0.15) is 0 Å². The van der Waals surface area contributed by atoms with Gasteiger partial charge in [-0.15, -0.1) is 0 Å². The van der Waals surface area contributed by atoms with Gasteiger partial charge in [0, 0.05) is 78.0 Å². The van der Waals surface area contributed by atoms with Crippen LogP contribution in [-0.4, -0.2) is 23.5 Å². The van der Waals surface area contributed by atoms with Crippen LogP contribution in [0.4, 0.5) is 17.1 Å². The third kappa shape index (κ3) is 6.27. The van der Waals surface area contributed by atoms with Crippen molar-refractivity contribution in [3.8, 4) is 33.9 Å². The molecule has 15 aromatic rings. The first-order chi connectivity index (χ1) is 36.3. The summed E-state index contributed by atoms with van der Waals surface area (Å²) in [5.41, 5.74) is 16.9. The third-order valence-electron chi connectivity index (χ3n) is 14.8. The lowest BCUT2D eigenvalue weighted by Crippen LogP contribution is -2.09. The lowest BCUT2D eigenvalue weighted by molar-refractivity contribution is 0.918. The highest BCUT2D eigenvalue weighted by molar-refractivity contribution is 6.27. The number of aromatic nitrogens is 5. The number of nitrogens with zero attached hydrogens (tertiary/aromatic N) is 6. The third-order valence-corrected chi connectivity index (χ3v) is 14.8. The van der Waals surface area contributed by atoms with E-state index in [0.717, 1.165) is 72.8 Å². The van der Waals surface area contributed by atoms with Gasteiger partial charge in [-0.05, 0) is 132 Å². The zero-order valence-corrected chi connectivity index (χ0v) is 39.6. The van der Waals surface area contributed by atoms with Crippen molar-refractivity contribution in [3.05, 3.63) is 267 Å². The normalized spacial score (nSPS) is 11.8. The van der Waals surface area contributed by atoms with Crippen molar-refractivity contribution in [2.75, 3.05) is 4.90 Å². The Morgan fingerprint density at radius 1 is 0.315 bits per heavy atom. The molecule has 6 heteroatoms. The number of fused-ring (bicyclic) bond motifs is 11. The van der Waals surface area contributed by atoms with E-state index in [1.165, 1.54) is 54.3 Å². The number of hydrogen-bond acceptors (Lipinski definition) is 2. The van der Waals surface area contributed by atoms with Gasteiger partial charge < -0.3 is 18.6 Å². The molecule has 0 atom stereocenters. The molecule has 0 aliphatic heterocycles. The molecule has 342 valence electrons. The molecule has 0 unspecified atom stereocenters. The van der Waals surface area contributed by atoms with E-state index in [9.17, 15) is 0 Å². The highest BCUT2D eigenvalue weighted by Crippen LogP contribution is 2.47. The molecule has 0 saturated heterocycles. The molecule has 0 saturated carbocycles. The summed E-state index contributed by atoms with van der Waals surface area (Å²) < 4.78 is 9.35. The van der Waals surface area contributed by atoms with Crippen LogP contribution in [0.2, 0.25) is 0 Å². The second-order valence-corrected chi connectivity index (χ2v) is 18.8. The SMILES string of the molecule is c1ccc(N(c2ccccc2)c2ccc(-n3c4cccc(-c5cccc6c5c5ccc7c(cnn7-c7cccc8ccccc78)c5n6-c5ccccc5)c4c4ccc5c(ccn5-c5ccccc5)c43)cc2)cc1. The first-order valence-electron chi connectivity index (χ1n) is 24.9. The molecule has 15 rings (SSSR count). The fourth-order valence-corrected chi connectivity index (χ4v) is 11.7. The molecular weight excluding hydrogens is 889 g/mol. The van der Waals surface area contributed by atoms with Crippen molar-refractivity contribution in [2.45, 2.75) is 0 Å². The van der Waals surface area contributed by atoms with Crippen LogP contribution in [0.3, 0.4) is 0 Å². The largest absolute Gasteiger partial charge is 0.316 e. The maximum absolute atomic E-state index is 5.15. The number of hydrogen-bond donors (Lipinski definition) is 0. The van der Waals surface area contributed by atoms with Gasteiger partial charge in [0.15, 0.2) is 0 Å².